The van der Waals surface area contributed by atoms with Crippen LogP contribution >= 0.6 is 0 Å². The number of pyridine rings is 1. The molecule has 1 N–H and O–H groups in total. The topological polar surface area (TPSA) is 33.1 Å². The quantitative estimate of drug-likeness (QED) is 0.878. The fraction of sp³-hybridized carbons (Fsp3) is 0.267. The summed E-state index contributed by atoms with van der Waals surface area (Å²) in [5.74, 6) is -0.257. The predicted molar refractivity (Wildman–Crippen MR) is 68.7 cm³/mol. The standard InChI is InChI=1S/C15H16FNO/c16-14-5-1-3-13(9-14)10-15(18)7-6-12-4-2-8-17-11-12/h1-5,8-9,11,15,18H,6-7,10H2. The summed E-state index contributed by atoms with van der Waals surface area (Å²) < 4.78 is 13.0. The molecule has 1 heterocycles. The van der Waals surface area contributed by atoms with Gasteiger partial charge in [-0.15, -0.1) is 0 Å². The fourth-order valence-electron chi connectivity index (χ4n) is 1.92. The molecule has 1 unspecified atom stereocenters. The Labute approximate surface area is 106 Å². The lowest BCUT2D eigenvalue weighted by Gasteiger charge is -2.10. The molecule has 2 aromatic rings. The Hall–Kier alpha value is -1.74. The summed E-state index contributed by atoms with van der Waals surface area (Å²) in [5.41, 5.74) is 1.93. The first-order valence-corrected chi connectivity index (χ1v) is 6.05. The van der Waals surface area contributed by atoms with Gasteiger partial charge in [-0.25, -0.2) is 4.39 Å². The highest BCUT2D eigenvalue weighted by Gasteiger charge is 2.06. The van der Waals surface area contributed by atoms with E-state index >= 15 is 0 Å². The van der Waals surface area contributed by atoms with Gasteiger partial charge < -0.3 is 5.11 Å². The normalized spacial score (nSPS) is 12.3. The van der Waals surface area contributed by atoms with Crippen LogP contribution in [0.25, 0.3) is 0 Å². The molecule has 0 bridgehead atoms. The molecule has 3 heteroatoms. The van der Waals surface area contributed by atoms with Crippen molar-refractivity contribution in [2.24, 2.45) is 0 Å². The van der Waals surface area contributed by atoms with Gasteiger partial charge in [0.25, 0.3) is 0 Å². The van der Waals surface area contributed by atoms with E-state index in [-0.39, 0.29) is 5.82 Å². The average Bonchev–Trinajstić information content (AvgIpc) is 2.38. The molecule has 1 atom stereocenters. The van der Waals surface area contributed by atoms with Crippen molar-refractivity contribution < 1.29 is 9.50 Å². The van der Waals surface area contributed by atoms with Crippen LogP contribution in [-0.2, 0) is 12.8 Å². The summed E-state index contributed by atoms with van der Waals surface area (Å²) in [6.07, 6.45) is 5.00. The molecule has 94 valence electrons. The number of hydrogen-bond donors (Lipinski definition) is 1. The van der Waals surface area contributed by atoms with Crippen LogP contribution in [0.5, 0.6) is 0 Å². The van der Waals surface area contributed by atoms with Crippen molar-refractivity contribution in [1.82, 2.24) is 4.98 Å². The van der Waals surface area contributed by atoms with Crippen molar-refractivity contribution in [2.75, 3.05) is 0 Å². The van der Waals surface area contributed by atoms with E-state index in [0.29, 0.717) is 12.8 Å². The van der Waals surface area contributed by atoms with E-state index < -0.39 is 6.10 Å². The third-order valence-electron chi connectivity index (χ3n) is 2.85. The molecular weight excluding hydrogens is 229 g/mol. The first-order valence-electron chi connectivity index (χ1n) is 6.05. The van der Waals surface area contributed by atoms with Crippen LogP contribution in [0.15, 0.2) is 48.8 Å². The molecule has 0 aliphatic carbocycles. The zero-order chi connectivity index (χ0) is 12.8. The van der Waals surface area contributed by atoms with Crippen LogP contribution < -0.4 is 0 Å². The van der Waals surface area contributed by atoms with E-state index in [0.717, 1.165) is 17.5 Å². The third kappa shape index (κ3) is 3.93. The van der Waals surface area contributed by atoms with Gasteiger partial charge in [0, 0.05) is 12.4 Å². The van der Waals surface area contributed by atoms with E-state index in [4.69, 9.17) is 0 Å². The van der Waals surface area contributed by atoms with E-state index in [1.807, 2.05) is 18.2 Å². The van der Waals surface area contributed by atoms with Gasteiger partial charge >= 0.3 is 0 Å². The van der Waals surface area contributed by atoms with Gasteiger partial charge in [0.1, 0.15) is 5.82 Å². The summed E-state index contributed by atoms with van der Waals surface area (Å²) >= 11 is 0. The number of halogens is 1. The number of aryl methyl sites for hydroxylation is 1. The second-order valence-corrected chi connectivity index (χ2v) is 4.39. The molecule has 0 spiro atoms. The molecule has 2 nitrogen and oxygen atoms in total. The van der Waals surface area contributed by atoms with Crippen molar-refractivity contribution >= 4 is 0 Å². The Morgan fingerprint density at radius 3 is 2.72 bits per heavy atom. The minimum Gasteiger partial charge on any atom is -0.393 e. The minimum absolute atomic E-state index is 0.257. The van der Waals surface area contributed by atoms with Gasteiger partial charge in [-0.1, -0.05) is 18.2 Å². The van der Waals surface area contributed by atoms with Crippen molar-refractivity contribution in [2.45, 2.75) is 25.4 Å². The van der Waals surface area contributed by atoms with Gasteiger partial charge in [-0.3, -0.25) is 4.98 Å². The monoisotopic (exact) mass is 245 g/mol. The zero-order valence-corrected chi connectivity index (χ0v) is 10.1. The lowest BCUT2D eigenvalue weighted by molar-refractivity contribution is 0.165. The lowest BCUT2D eigenvalue weighted by atomic mass is 10.0. The molecule has 1 aromatic carbocycles. The molecule has 18 heavy (non-hydrogen) atoms. The first kappa shape index (κ1) is 12.7. The average molecular weight is 245 g/mol. The van der Waals surface area contributed by atoms with Gasteiger partial charge in [0.15, 0.2) is 0 Å². The summed E-state index contributed by atoms with van der Waals surface area (Å²) in [5, 5.41) is 9.91. The molecule has 0 radical (unpaired) electrons. The molecule has 1 aromatic heterocycles. The maximum atomic E-state index is 13.0. The van der Waals surface area contributed by atoms with Gasteiger partial charge in [-0.05, 0) is 48.6 Å². The van der Waals surface area contributed by atoms with E-state index in [9.17, 15) is 9.50 Å². The second kappa shape index (κ2) is 6.26. The van der Waals surface area contributed by atoms with Crippen molar-refractivity contribution in [3.8, 4) is 0 Å². The smallest absolute Gasteiger partial charge is 0.123 e. The summed E-state index contributed by atoms with van der Waals surface area (Å²) in [4.78, 5) is 4.03. The number of nitrogens with zero attached hydrogens (tertiary/aromatic N) is 1. The number of rotatable bonds is 5. The third-order valence-corrected chi connectivity index (χ3v) is 2.85. The number of aromatic nitrogens is 1. The number of benzene rings is 1. The van der Waals surface area contributed by atoms with E-state index in [1.54, 1.807) is 18.5 Å². The van der Waals surface area contributed by atoms with Crippen LogP contribution in [0.1, 0.15) is 17.5 Å². The van der Waals surface area contributed by atoms with Crippen LogP contribution in [-0.4, -0.2) is 16.2 Å². The maximum absolute atomic E-state index is 13.0. The fourth-order valence-corrected chi connectivity index (χ4v) is 1.92. The Balaban J connectivity index is 1.84. The second-order valence-electron chi connectivity index (χ2n) is 4.39. The largest absolute Gasteiger partial charge is 0.393 e. The Kier molecular flexibility index (Phi) is 4.42. The molecular formula is C15H16FNO. The highest BCUT2D eigenvalue weighted by atomic mass is 19.1. The van der Waals surface area contributed by atoms with Gasteiger partial charge in [0.2, 0.25) is 0 Å². The number of hydrogen-bond acceptors (Lipinski definition) is 2. The van der Waals surface area contributed by atoms with Crippen LogP contribution in [0.2, 0.25) is 0 Å². The van der Waals surface area contributed by atoms with Crippen LogP contribution in [0.4, 0.5) is 4.39 Å². The van der Waals surface area contributed by atoms with Crippen LogP contribution in [0.3, 0.4) is 0 Å². The molecule has 2 rings (SSSR count). The summed E-state index contributed by atoms with van der Waals surface area (Å²) in [6, 6.07) is 10.2. The minimum atomic E-state index is -0.452. The van der Waals surface area contributed by atoms with Crippen molar-refractivity contribution in [3.05, 3.63) is 65.7 Å². The van der Waals surface area contributed by atoms with Crippen molar-refractivity contribution in [1.29, 1.82) is 0 Å². The van der Waals surface area contributed by atoms with Gasteiger partial charge in [-0.2, -0.15) is 0 Å². The van der Waals surface area contributed by atoms with Gasteiger partial charge in [0.05, 0.1) is 6.10 Å². The highest BCUT2D eigenvalue weighted by Crippen LogP contribution is 2.10. The predicted octanol–water partition coefficient (Wildman–Crippen LogP) is 2.76. The summed E-state index contributed by atoms with van der Waals surface area (Å²) in [6.45, 7) is 0. The van der Waals surface area contributed by atoms with E-state index in [1.165, 1.54) is 12.1 Å². The van der Waals surface area contributed by atoms with Crippen LogP contribution in [0, 0.1) is 5.82 Å². The molecule has 0 fully saturated rings. The number of aliphatic hydroxyl groups is 1. The SMILES string of the molecule is OC(CCc1cccnc1)Cc1cccc(F)c1. The molecule has 0 amide bonds. The molecule has 0 saturated heterocycles. The molecule has 0 aliphatic rings. The number of aliphatic hydroxyl groups excluding tert-OH is 1. The zero-order valence-electron chi connectivity index (χ0n) is 10.1. The molecule has 0 saturated carbocycles. The van der Waals surface area contributed by atoms with E-state index in [2.05, 4.69) is 4.98 Å². The lowest BCUT2D eigenvalue weighted by Crippen LogP contribution is -2.11. The molecule has 0 aliphatic heterocycles. The Morgan fingerprint density at radius 2 is 2.00 bits per heavy atom. The Bertz CT molecular complexity index is 487. The Morgan fingerprint density at radius 1 is 1.17 bits per heavy atom. The van der Waals surface area contributed by atoms with Crippen molar-refractivity contribution in [3.63, 3.8) is 0 Å². The highest BCUT2D eigenvalue weighted by molar-refractivity contribution is 5.17. The first-order chi connectivity index (χ1) is 8.74. The maximum Gasteiger partial charge on any atom is 0.123 e. The summed E-state index contributed by atoms with van der Waals surface area (Å²) in [7, 11) is 0.